The molecule has 28 heavy (non-hydrogen) atoms. The van der Waals surface area contributed by atoms with E-state index in [1.165, 1.54) is 22.7 Å². The summed E-state index contributed by atoms with van der Waals surface area (Å²) in [7, 11) is 0. The number of carbonyl (C=O) groups is 2. The molecule has 0 bridgehead atoms. The first kappa shape index (κ1) is 20.0. The van der Waals surface area contributed by atoms with Crippen molar-refractivity contribution in [1.82, 2.24) is 15.0 Å². The molecule has 1 aromatic carbocycles. The van der Waals surface area contributed by atoms with Crippen LogP contribution in [0.5, 0.6) is 0 Å². The Morgan fingerprint density at radius 1 is 1.29 bits per heavy atom. The van der Waals surface area contributed by atoms with Crippen molar-refractivity contribution >= 4 is 40.3 Å². The average Bonchev–Trinajstić information content (AvgIpc) is 3.29. The molecule has 0 aliphatic heterocycles. The van der Waals surface area contributed by atoms with Gasteiger partial charge in [0.25, 0.3) is 0 Å². The van der Waals surface area contributed by atoms with E-state index in [2.05, 4.69) is 44.8 Å². The van der Waals surface area contributed by atoms with Gasteiger partial charge < -0.3 is 19.7 Å². The van der Waals surface area contributed by atoms with Crippen LogP contribution in [-0.2, 0) is 16.1 Å². The van der Waals surface area contributed by atoms with Crippen molar-refractivity contribution < 1.29 is 14.1 Å². The quantitative estimate of drug-likeness (QED) is 0.539. The number of hydrogen-bond acceptors (Lipinski definition) is 5. The van der Waals surface area contributed by atoms with Crippen molar-refractivity contribution in [3.05, 3.63) is 48.4 Å². The Morgan fingerprint density at radius 3 is 2.89 bits per heavy atom. The van der Waals surface area contributed by atoms with Gasteiger partial charge in [-0.25, -0.2) is 0 Å². The van der Waals surface area contributed by atoms with Crippen molar-refractivity contribution in [1.29, 1.82) is 0 Å². The Morgan fingerprint density at radius 2 is 2.11 bits per heavy atom. The zero-order valence-electron chi connectivity index (χ0n) is 16.0. The predicted octanol–water partition coefficient (Wildman–Crippen LogP) is 3.20. The largest absolute Gasteiger partial charge is 0.360 e. The molecule has 148 valence electrons. The van der Waals surface area contributed by atoms with E-state index in [4.69, 9.17) is 4.52 Å². The third kappa shape index (κ3) is 5.39. The van der Waals surface area contributed by atoms with E-state index in [1.807, 2.05) is 12.1 Å². The number of aryl methyl sites for hydroxylation is 2. The number of aromatic nitrogens is 2. The van der Waals surface area contributed by atoms with Crippen LogP contribution in [0.2, 0.25) is 0 Å². The molecule has 1 atom stereocenters. The van der Waals surface area contributed by atoms with Gasteiger partial charge in [-0.15, -0.1) is 11.8 Å². The van der Waals surface area contributed by atoms with Crippen LogP contribution in [0.15, 0.2) is 47.1 Å². The number of fused-ring (bicyclic) bond motifs is 1. The number of thioether (sulfide) groups is 1. The first-order valence-corrected chi connectivity index (χ1v) is 10.2. The number of para-hydroxylation sites is 1. The van der Waals surface area contributed by atoms with Crippen molar-refractivity contribution in [3.63, 3.8) is 0 Å². The molecule has 0 saturated heterocycles. The SMILES string of the molecule is Cc1cc(NC(=O)C(C)SCC(=O)NCCCn2ccc3ccccc32)no1. The first-order chi connectivity index (χ1) is 13.5. The number of benzene rings is 1. The molecule has 0 fully saturated rings. The fourth-order valence-corrected chi connectivity index (χ4v) is 3.51. The van der Waals surface area contributed by atoms with Crippen LogP contribution < -0.4 is 10.6 Å². The third-order valence-corrected chi connectivity index (χ3v) is 5.43. The molecule has 0 aliphatic rings. The molecule has 0 spiro atoms. The van der Waals surface area contributed by atoms with Gasteiger partial charge in [-0.2, -0.15) is 0 Å². The highest BCUT2D eigenvalue weighted by Crippen LogP contribution is 2.16. The molecule has 2 N–H and O–H groups in total. The number of rotatable bonds is 9. The lowest BCUT2D eigenvalue weighted by atomic mass is 10.2. The minimum absolute atomic E-state index is 0.0701. The van der Waals surface area contributed by atoms with Crippen LogP contribution in [0.1, 0.15) is 19.1 Å². The highest BCUT2D eigenvalue weighted by molar-refractivity contribution is 8.01. The summed E-state index contributed by atoms with van der Waals surface area (Å²) in [6, 6.07) is 12.0. The average molecular weight is 401 g/mol. The second kappa shape index (κ2) is 9.45. The highest BCUT2D eigenvalue weighted by Gasteiger charge is 2.16. The second-order valence-electron chi connectivity index (χ2n) is 6.54. The molecule has 7 nitrogen and oxygen atoms in total. The molecule has 0 aliphatic carbocycles. The molecule has 3 aromatic rings. The molecule has 0 radical (unpaired) electrons. The van der Waals surface area contributed by atoms with E-state index in [0.29, 0.717) is 18.1 Å². The van der Waals surface area contributed by atoms with Crippen LogP contribution in [0.3, 0.4) is 0 Å². The van der Waals surface area contributed by atoms with E-state index >= 15 is 0 Å². The summed E-state index contributed by atoms with van der Waals surface area (Å²) in [5.41, 5.74) is 1.20. The van der Waals surface area contributed by atoms with E-state index in [9.17, 15) is 9.59 Å². The van der Waals surface area contributed by atoms with Gasteiger partial charge in [-0.1, -0.05) is 23.4 Å². The monoisotopic (exact) mass is 400 g/mol. The van der Waals surface area contributed by atoms with Gasteiger partial charge in [-0.3, -0.25) is 9.59 Å². The van der Waals surface area contributed by atoms with Crippen LogP contribution >= 0.6 is 11.8 Å². The maximum Gasteiger partial charge on any atom is 0.238 e. The minimum atomic E-state index is -0.367. The van der Waals surface area contributed by atoms with Crippen molar-refractivity contribution in [2.75, 3.05) is 17.6 Å². The van der Waals surface area contributed by atoms with E-state index < -0.39 is 0 Å². The number of nitrogens with one attached hydrogen (secondary N) is 2. The van der Waals surface area contributed by atoms with Gasteiger partial charge in [-0.05, 0) is 37.8 Å². The van der Waals surface area contributed by atoms with E-state index in [1.54, 1.807) is 19.9 Å². The minimum Gasteiger partial charge on any atom is -0.360 e. The Hall–Kier alpha value is -2.74. The lowest BCUT2D eigenvalue weighted by Crippen LogP contribution is -2.29. The van der Waals surface area contributed by atoms with Crippen LogP contribution in [0.25, 0.3) is 10.9 Å². The van der Waals surface area contributed by atoms with E-state index in [-0.39, 0.29) is 22.8 Å². The fraction of sp³-hybridized carbons (Fsp3) is 0.350. The third-order valence-electron chi connectivity index (χ3n) is 4.29. The molecule has 3 rings (SSSR count). The fourth-order valence-electron chi connectivity index (χ4n) is 2.79. The van der Waals surface area contributed by atoms with E-state index in [0.717, 1.165) is 13.0 Å². The summed E-state index contributed by atoms with van der Waals surface area (Å²) in [5.74, 6) is 0.975. The van der Waals surface area contributed by atoms with Gasteiger partial charge in [0.2, 0.25) is 11.8 Å². The zero-order valence-corrected chi connectivity index (χ0v) is 16.8. The molecular weight excluding hydrogens is 376 g/mol. The lowest BCUT2D eigenvalue weighted by molar-refractivity contribution is -0.118. The maximum absolute atomic E-state index is 12.1. The van der Waals surface area contributed by atoms with Gasteiger partial charge in [0.1, 0.15) is 5.76 Å². The highest BCUT2D eigenvalue weighted by atomic mass is 32.2. The second-order valence-corrected chi connectivity index (χ2v) is 7.87. The van der Waals surface area contributed by atoms with Gasteiger partial charge in [0.15, 0.2) is 5.82 Å². The normalized spacial score (nSPS) is 12.1. The summed E-state index contributed by atoms with van der Waals surface area (Å²) in [4.78, 5) is 24.1. The number of carbonyl (C=O) groups excluding carboxylic acids is 2. The van der Waals surface area contributed by atoms with Gasteiger partial charge in [0.05, 0.1) is 11.0 Å². The molecule has 2 amide bonds. The van der Waals surface area contributed by atoms with Crippen molar-refractivity contribution in [2.45, 2.75) is 32.1 Å². The molecule has 2 heterocycles. The Kier molecular flexibility index (Phi) is 6.76. The molecule has 0 saturated carbocycles. The number of anilines is 1. The topological polar surface area (TPSA) is 89.2 Å². The summed E-state index contributed by atoms with van der Waals surface area (Å²) >= 11 is 1.29. The number of hydrogen-bond donors (Lipinski definition) is 2. The molecule has 1 unspecified atom stereocenters. The van der Waals surface area contributed by atoms with Crippen molar-refractivity contribution in [2.24, 2.45) is 0 Å². The molecule has 2 aromatic heterocycles. The summed E-state index contributed by atoms with van der Waals surface area (Å²) in [6.07, 6.45) is 2.91. The summed E-state index contributed by atoms with van der Waals surface area (Å²) in [6.45, 7) is 4.96. The summed E-state index contributed by atoms with van der Waals surface area (Å²) < 4.78 is 7.10. The first-order valence-electron chi connectivity index (χ1n) is 9.19. The molecule has 8 heteroatoms. The van der Waals surface area contributed by atoms with Gasteiger partial charge in [0, 0.05) is 30.9 Å². The summed E-state index contributed by atoms with van der Waals surface area (Å²) in [5, 5.41) is 10.2. The van der Waals surface area contributed by atoms with Crippen LogP contribution in [0, 0.1) is 6.92 Å². The molecular formula is C20H24N4O3S. The smallest absolute Gasteiger partial charge is 0.238 e. The van der Waals surface area contributed by atoms with Crippen LogP contribution in [0.4, 0.5) is 5.82 Å². The number of amides is 2. The Balaban J connectivity index is 1.33. The Labute approximate surface area is 167 Å². The zero-order chi connectivity index (χ0) is 19.9. The maximum atomic E-state index is 12.1. The van der Waals surface area contributed by atoms with Gasteiger partial charge >= 0.3 is 0 Å². The predicted molar refractivity (Wildman–Crippen MR) is 111 cm³/mol. The van der Waals surface area contributed by atoms with Crippen LogP contribution in [-0.4, -0.2) is 39.1 Å². The van der Waals surface area contributed by atoms with Crippen molar-refractivity contribution in [3.8, 4) is 0 Å². The Bertz CT molecular complexity index is 950. The number of nitrogens with zero attached hydrogens (tertiary/aromatic N) is 2. The standard InChI is InChI=1S/C20H24N4O3S/c1-14-12-18(23-27-14)22-20(26)15(2)28-13-19(25)21-9-5-10-24-11-8-16-6-3-4-7-17(16)24/h3-4,6-8,11-12,15H,5,9-10,13H2,1-2H3,(H,21,25)(H,22,23,26). The lowest BCUT2D eigenvalue weighted by Gasteiger charge is -2.11.